The van der Waals surface area contributed by atoms with Gasteiger partial charge in [-0.3, -0.25) is 9.67 Å². The Labute approximate surface area is 119 Å². The van der Waals surface area contributed by atoms with Crippen LogP contribution in [-0.2, 0) is 13.2 Å². The predicted octanol–water partition coefficient (Wildman–Crippen LogP) is 2.63. The van der Waals surface area contributed by atoms with E-state index in [1.54, 1.807) is 0 Å². The Morgan fingerprint density at radius 2 is 2.15 bits per heavy atom. The van der Waals surface area contributed by atoms with Crippen molar-refractivity contribution in [1.29, 1.82) is 0 Å². The zero-order valence-corrected chi connectivity index (χ0v) is 12.2. The van der Waals surface area contributed by atoms with Crippen LogP contribution >= 0.6 is 0 Å². The van der Waals surface area contributed by atoms with Gasteiger partial charge in [0.1, 0.15) is 18.1 Å². The second kappa shape index (κ2) is 6.52. The molecule has 0 aromatic carbocycles. The van der Waals surface area contributed by atoms with Gasteiger partial charge in [0.25, 0.3) is 0 Å². The third kappa shape index (κ3) is 3.36. The topological polar surface area (TPSA) is 60.2 Å². The Kier molecular flexibility index (Phi) is 4.74. The van der Waals surface area contributed by atoms with E-state index in [0.29, 0.717) is 24.1 Å². The molecule has 0 aliphatic heterocycles. The van der Waals surface area contributed by atoms with Crippen LogP contribution < -0.4 is 4.74 Å². The lowest BCUT2D eigenvalue weighted by Crippen LogP contribution is -2.06. The molecule has 0 saturated heterocycles. The molecule has 0 spiro atoms. The molecule has 2 heterocycles. The average Bonchev–Trinajstić information content (AvgIpc) is 2.93. The van der Waals surface area contributed by atoms with Crippen molar-refractivity contribution in [3.8, 4) is 5.75 Å². The molecule has 5 heteroatoms. The maximum atomic E-state index is 9.29. The van der Waals surface area contributed by atoms with Crippen LogP contribution in [-0.4, -0.2) is 19.9 Å². The Hall–Kier alpha value is -1.88. The van der Waals surface area contributed by atoms with Crippen LogP contribution in [0.2, 0.25) is 0 Å². The highest BCUT2D eigenvalue weighted by atomic mass is 16.5. The molecule has 0 saturated carbocycles. The Balaban J connectivity index is 2.03. The van der Waals surface area contributed by atoms with Crippen molar-refractivity contribution in [2.75, 3.05) is 0 Å². The molecule has 0 bridgehead atoms. The first-order valence-electron chi connectivity index (χ1n) is 6.88. The zero-order valence-electron chi connectivity index (χ0n) is 12.2. The van der Waals surface area contributed by atoms with Crippen molar-refractivity contribution in [3.05, 3.63) is 41.5 Å². The SMILES string of the molecule is CCC(C)n1ccc(COc2ccc(C)nc2CO)n1. The first-order chi connectivity index (χ1) is 9.63. The van der Waals surface area contributed by atoms with E-state index >= 15 is 0 Å². The smallest absolute Gasteiger partial charge is 0.143 e. The van der Waals surface area contributed by atoms with E-state index in [-0.39, 0.29) is 6.61 Å². The first kappa shape index (κ1) is 14.5. The molecule has 2 aromatic rings. The summed E-state index contributed by atoms with van der Waals surface area (Å²) in [5, 5.41) is 13.8. The van der Waals surface area contributed by atoms with Crippen LogP contribution in [0.5, 0.6) is 5.75 Å². The summed E-state index contributed by atoms with van der Waals surface area (Å²) < 4.78 is 7.64. The van der Waals surface area contributed by atoms with E-state index in [2.05, 4.69) is 23.9 Å². The lowest BCUT2D eigenvalue weighted by atomic mass is 10.3. The molecule has 1 atom stereocenters. The molecule has 0 amide bonds. The van der Waals surface area contributed by atoms with Gasteiger partial charge >= 0.3 is 0 Å². The molecule has 1 N–H and O–H groups in total. The Morgan fingerprint density at radius 3 is 2.85 bits per heavy atom. The number of hydrogen-bond donors (Lipinski definition) is 1. The summed E-state index contributed by atoms with van der Waals surface area (Å²) >= 11 is 0. The molecule has 0 aliphatic rings. The quantitative estimate of drug-likeness (QED) is 0.880. The summed E-state index contributed by atoms with van der Waals surface area (Å²) in [4.78, 5) is 4.25. The van der Waals surface area contributed by atoms with Gasteiger partial charge in [0.2, 0.25) is 0 Å². The predicted molar refractivity (Wildman–Crippen MR) is 76.5 cm³/mol. The fraction of sp³-hybridized carbons (Fsp3) is 0.467. The minimum atomic E-state index is -0.127. The van der Waals surface area contributed by atoms with E-state index in [1.165, 1.54) is 0 Å². The van der Waals surface area contributed by atoms with Gasteiger partial charge in [0, 0.05) is 17.9 Å². The number of pyridine rings is 1. The zero-order chi connectivity index (χ0) is 14.5. The fourth-order valence-electron chi connectivity index (χ4n) is 1.88. The summed E-state index contributed by atoms with van der Waals surface area (Å²) in [7, 11) is 0. The monoisotopic (exact) mass is 275 g/mol. The highest BCUT2D eigenvalue weighted by Gasteiger charge is 2.08. The molecule has 1 unspecified atom stereocenters. The minimum Gasteiger partial charge on any atom is -0.485 e. The highest BCUT2D eigenvalue weighted by molar-refractivity contribution is 5.28. The number of aryl methyl sites for hydroxylation is 1. The number of hydrogen-bond acceptors (Lipinski definition) is 4. The molecule has 2 aromatic heterocycles. The number of rotatable bonds is 6. The van der Waals surface area contributed by atoms with Crippen molar-refractivity contribution < 1.29 is 9.84 Å². The van der Waals surface area contributed by atoms with Crippen molar-refractivity contribution in [2.24, 2.45) is 0 Å². The van der Waals surface area contributed by atoms with E-state index in [9.17, 15) is 5.11 Å². The number of aliphatic hydroxyl groups excluding tert-OH is 1. The molecule has 0 radical (unpaired) electrons. The van der Waals surface area contributed by atoms with Gasteiger partial charge in [0.15, 0.2) is 0 Å². The van der Waals surface area contributed by atoms with E-state index < -0.39 is 0 Å². The lowest BCUT2D eigenvalue weighted by Gasteiger charge is -2.10. The molecule has 108 valence electrons. The van der Waals surface area contributed by atoms with Crippen LogP contribution in [0, 0.1) is 6.92 Å². The largest absolute Gasteiger partial charge is 0.485 e. The van der Waals surface area contributed by atoms with Gasteiger partial charge < -0.3 is 9.84 Å². The minimum absolute atomic E-state index is 0.127. The summed E-state index contributed by atoms with van der Waals surface area (Å²) in [6, 6.07) is 6.04. The number of ether oxygens (including phenoxy) is 1. The third-order valence-corrected chi connectivity index (χ3v) is 3.30. The van der Waals surface area contributed by atoms with Gasteiger partial charge in [-0.25, -0.2) is 0 Å². The van der Waals surface area contributed by atoms with E-state index in [0.717, 1.165) is 17.8 Å². The lowest BCUT2D eigenvalue weighted by molar-refractivity contribution is 0.251. The molecule has 5 nitrogen and oxygen atoms in total. The number of nitrogens with zero attached hydrogens (tertiary/aromatic N) is 3. The summed E-state index contributed by atoms with van der Waals surface area (Å²) in [5.41, 5.74) is 2.29. The number of aliphatic hydroxyl groups is 1. The van der Waals surface area contributed by atoms with Crippen LogP contribution in [0.4, 0.5) is 0 Å². The van der Waals surface area contributed by atoms with Crippen LogP contribution in [0.3, 0.4) is 0 Å². The van der Waals surface area contributed by atoms with Gasteiger partial charge in [-0.2, -0.15) is 5.10 Å². The van der Waals surface area contributed by atoms with Crippen LogP contribution in [0.25, 0.3) is 0 Å². The fourth-order valence-corrected chi connectivity index (χ4v) is 1.88. The molecule has 20 heavy (non-hydrogen) atoms. The van der Waals surface area contributed by atoms with Crippen LogP contribution in [0.15, 0.2) is 24.4 Å². The van der Waals surface area contributed by atoms with Crippen LogP contribution in [0.1, 0.15) is 43.4 Å². The standard InChI is InChI=1S/C15H21N3O2/c1-4-12(3)18-8-7-13(17-18)10-20-15-6-5-11(2)16-14(15)9-19/h5-8,12,19H,4,9-10H2,1-3H3. The third-order valence-electron chi connectivity index (χ3n) is 3.30. The highest BCUT2D eigenvalue weighted by Crippen LogP contribution is 2.18. The first-order valence-corrected chi connectivity index (χ1v) is 6.88. The van der Waals surface area contributed by atoms with Gasteiger partial charge in [-0.05, 0) is 38.5 Å². The van der Waals surface area contributed by atoms with Crippen molar-refractivity contribution in [3.63, 3.8) is 0 Å². The second-order valence-corrected chi connectivity index (χ2v) is 4.89. The summed E-state index contributed by atoms with van der Waals surface area (Å²) in [6.45, 7) is 6.40. The molecule has 0 aliphatic carbocycles. The van der Waals surface area contributed by atoms with Gasteiger partial charge in [-0.1, -0.05) is 6.92 Å². The van der Waals surface area contributed by atoms with Crippen molar-refractivity contribution in [2.45, 2.75) is 46.4 Å². The molecule has 2 rings (SSSR count). The Bertz CT molecular complexity index is 566. The summed E-state index contributed by atoms with van der Waals surface area (Å²) in [5.74, 6) is 0.608. The maximum Gasteiger partial charge on any atom is 0.143 e. The maximum absolute atomic E-state index is 9.29. The normalized spacial score (nSPS) is 12.4. The van der Waals surface area contributed by atoms with E-state index in [4.69, 9.17) is 4.74 Å². The number of aromatic nitrogens is 3. The van der Waals surface area contributed by atoms with Crippen molar-refractivity contribution >= 4 is 0 Å². The molecular weight excluding hydrogens is 254 g/mol. The second-order valence-electron chi connectivity index (χ2n) is 4.89. The molecule has 0 fully saturated rings. The van der Waals surface area contributed by atoms with Gasteiger partial charge in [0.05, 0.1) is 12.3 Å². The summed E-state index contributed by atoms with van der Waals surface area (Å²) in [6.07, 6.45) is 3.01. The van der Waals surface area contributed by atoms with Crippen molar-refractivity contribution in [1.82, 2.24) is 14.8 Å². The molecular formula is C15H21N3O2. The van der Waals surface area contributed by atoms with E-state index in [1.807, 2.05) is 36.0 Å². The average molecular weight is 275 g/mol. The Morgan fingerprint density at radius 1 is 1.35 bits per heavy atom. The van der Waals surface area contributed by atoms with Gasteiger partial charge in [-0.15, -0.1) is 0 Å².